The molecule has 3 rings (SSSR count). The molecule has 0 atom stereocenters. The van der Waals surface area contributed by atoms with Crippen molar-refractivity contribution in [2.75, 3.05) is 17.3 Å². The van der Waals surface area contributed by atoms with Crippen molar-refractivity contribution in [3.05, 3.63) is 47.8 Å². The molecule has 0 aliphatic carbocycles. The average molecular weight is 422 g/mol. The minimum Gasteiger partial charge on any atom is -0.368 e. The first kappa shape index (κ1) is 20.6. The summed E-state index contributed by atoms with van der Waals surface area (Å²) in [6, 6.07) is 6.65. The molecule has 3 aromatic rings. The Morgan fingerprint density at radius 1 is 1.24 bits per heavy atom. The number of nitrogens with zero attached hydrogens (tertiary/aromatic N) is 4. The summed E-state index contributed by atoms with van der Waals surface area (Å²) in [6.45, 7) is 1.43. The number of nitrogens with two attached hydrogens (primary N) is 1. The van der Waals surface area contributed by atoms with E-state index in [-0.39, 0.29) is 17.4 Å². The third kappa shape index (κ3) is 4.86. The van der Waals surface area contributed by atoms with Gasteiger partial charge in [0, 0.05) is 30.1 Å². The highest BCUT2D eigenvalue weighted by Gasteiger charge is 2.16. The standard InChI is InChI=1S/C18H20F2N6O2S/c1-11-16(13-8-23-26(9-13)10-15(19)20)24-18(21)25-17(11)22-7-12-5-3-4-6-14(12)29(2,27)28/h3-6,8-9,15H,7,10H2,1-2H3,(H3,21,22,24,25). The fourth-order valence-corrected chi connectivity index (χ4v) is 3.85. The number of rotatable bonds is 7. The molecule has 1 aromatic carbocycles. The van der Waals surface area contributed by atoms with Crippen LogP contribution in [-0.4, -0.2) is 40.8 Å². The van der Waals surface area contributed by atoms with Gasteiger partial charge in [0.2, 0.25) is 5.95 Å². The second kappa shape index (κ2) is 8.11. The molecule has 11 heteroatoms. The Kier molecular flexibility index (Phi) is 5.78. The lowest BCUT2D eigenvalue weighted by atomic mass is 10.1. The predicted octanol–water partition coefficient (Wildman–Crippen LogP) is 2.51. The lowest BCUT2D eigenvalue weighted by molar-refractivity contribution is 0.122. The van der Waals surface area contributed by atoms with Crippen LogP contribution < -0.4 is 11.1 Å². The third-order valence-electron chi connectivity index (χ3n) is 4.21. The molecule has 0 fully saturated rings. The van der Waals surface area contributed by atoms with Gasteiger partial charge in [-0.2, -0.15) is 10.1 Å². The molecule has 3 N–H and O–H groups in total. The minimum atomic E-state index is -3.38. The Morgan fingerprint density at radius 2 is 1.97 bits per heavy atom. The molecule has 0 radical (unpaired) electrons. The molecule has 154 valence electrons. The molecule has 2 heterocycles. The Morgan fingerprint density at radius 3 is 2.66 bits per heavy atom. The average Bonchev–Trinajstić information content (AvgIpc) is 3.09. The van der Waals surface area contributed by atoms with E-state index in [4.69, 9.17) is 5.73 Å². The molecular weight excluding hydrogens is 402 g/mol. The van der Waals surface area contributed by atoms with Gasteiger partial charge >= 0.3 is 0 Å². The fourth-order valence-electron chi connectivity index (χ4n) is 2.90. The van der Waals surface area contributed by atoms with Crippen molar-refractivity contribution >= 4 is 21.6 Å². The van der Waals surface area contributed by atoms with E-state index in [0.717, 1.165) is 10.9 Å². The van der Waals surface area contributed by atoms with Gasteiger partial charge < -0.3 is 11.1 Å². The highest BCUT2D eigenvalue weighted by atomic mass is 32.2. The second-order valence-corrected chi connectivity index (χ2v) is 8.46. The first-order valence-electron chi connectivity index (χ1n) is 8.62. The van der Waals surface area contributed by atoms with Crippen molar-refractivity contribution < 1.29 is 17.2 Å². The van der Waals surface area contributed by atoms with Crippen LogP contribution in [0.15, 0.2) is 41.6 Å². The van der Waals surface area contributed by atoms with Crippen LogP contribution in [0.4, 0.5) is 20.5 Å². The maximum absolute atomic E-state index is 12.6. The highest BCUT2D eigenvalue weighted by molar-refractivity contribution is 7.90. The number of hydrogen-bond donors (Lipinski definition) is 2. The zero-order valence-electron chi connectivity index (χ0n) is 15.8. The van der Waals surface area contributed by atoms with Crippen molar-refractivity contribution in [1.29, 1.82) is 0 Å². The van der Waals surface area contributed by atoms with Crippen LogP contribution in [0.5, 0.6) is 0 Å². The Bertz CT molecular complexity index is 1130. The van der Waals surface area contributed by atoms with Gasteiger partial charge in [-0.15, -0.1) is 0 Å². The Hall–Kier alpha value is -3.08. The van der Waals surface area contributed by atoms with E-state index in [1.54, 1.807) is 25.1 Å². The predicted molar refractivity (Wildman–Crippen MR) is 105 cm³/mol. The molecular formula is C18H20F2N6O2S. The number of nitrogen functional groups attached to an aromatic ring is 1. The number of anilines is 2. The number of hydrogen-bond acceptors (Lipinski definition) is 7. The van der Waals surface area contributed by atoms with Crippen molar-refractivity contribution in [2.45, 2.75) is 31.3 Å². The molecule has 0 aliphatic heterocycles. The molecule has 0 aliphatic rings. The van der Waals surface area contributed by atoms with Crippen LogP contribution in [0.25, 0.3) is 11.3 Å². The van der Waals surface area contributed by atoms with Gasteiger partial charge in [0.05, 0.1) is 16.8 Å². The van der Waals surface area contributed by atoms with Crippen molar-refractivity contribution in [3.8, 4) is 11.3 Å². The highest BCUT2D eigenvalue weighted by Crippen LogP contribution is 2.27. The number of alkyl halides is 2. The summed E-state index contributed by atoms with van der Waals surface area (Å²) in [7, 11) is -3.38. The van der Waals surface area contributed by atoms with Crippen LogP contribution in [-0.2, 0) is 22.9 Å². The second-order valence-electron chi connectivity index (χ2n) is 6.48. The zero-order valence-corrected chi connectivity index (χ0v) is 16.6. The summed E-state index contributed by atoms with van der Waals surface area (Å²) in [5.41, 5.74) is 8.01. The van der Waals surface area contributed by atoms with Gasteiger partial charge in [0.15, 0.2) is 9.84 Å². The molecule has 0 saturated heterocycles. The number of aromatic nitrogens is 4. The summed E-state index contributed by atoms with van der Waals surface area (Å²) in [6.07, 6.45) is 1.52. The molecule has 2 aromatic heterocycles. The van der Waals surface area contributed by atoms with Crippen LogP contribution >= 0.6 is 0 Å². The molecule has 29 heavy (non-hydrogen) atoms. The Balaban J connectivity index is 1.90. The van der Waals surface area contributed by atoms with Crippen molar-refractivity contribution in [1.82, 2.24) is 19.7 Å². The number of nitrogens with one attached hydrogen (secondary N) is 1. The summed E-state index contributed by atoms with van der Waals surface area (Å²) in [4.78, 5) is 8.60. The van der Waals surface area contributed by atoms with E-state index in [2.05, 4.69) is 20.4 Å². The largest absolute Gasteiger partial charge is 0.368 e. The molecule has 0 spiro atoms. The van der Waals surface area contributed by atoms with E-state index in [1.165, 1.54) is 18.5 Å². The third-order valence-corrected chi connectivity index (χ3v) is 5.41. The fraction of sp³-hybridized carbons (Fsp3) is 0.278. The number of halogens is 2. The maximum Gasteiger partial charge on any atom is 0.257 e. The lowest BCUT2D eigenvalue weighted by Gasteiger charge is -2.13. The van der Waals surface area contributed by atoms with Crippen LogP contribution in [0.3, 0.4) is 0 Å². The SMILES string of the molecule is Cc1c(NCc2ccccc2S(C)(=O)=O)nc(N)nc1-c1cnn(CC(F)F)c1. The van der Waals surface area contributed by atoms with E-state index < -0.39 is 22.8 Å². The molecule has 0 unspecified atom stereocenters. The molecule has 0 bridgehead atoms. The van der Waals surface area contributed by atoms with Gasteiger partial charge in [-0.1, -0.05) is 18.2 Å². The first-order chi connectivity index (χ1) is 13.6. The summed E-state index contributed by atoms with van der Waals surface area (Å²) in [5.74, 6) is 0.406. The first-order valence-corrected chi connectivity index (χ1v) is 10.5. The van der Waals surface area contributed by atoms with E-state index in [0.29, 0.717) is 28.2 Å². The monoisotopic (exact) mass is 422 g/mol. The maximum atomic E-state index is 12.6. The van der Waals surface area contributed by atoms with Crippen LogP contribution in [0, 0.1) is 6.92 Å². The summed E-state index contributed by atoms with van der Waals surface area (Å²) < 4.78 is 50.2. The number of sulfone groups is 1. The summed E-state index contributed by atoms with van der Waals surface area (Å²) in [5, 5.41) is 7.00. The smallest absolute Gasteiger partial charge is 0.257 e. The van der Waals surface area contributed by atoms with Gasteiger partial charge in [-0.25, -0.2) is 22.2 Å². The number of benzene rings is 1. The quantitative estimate of drug-likeness (QED) is 0.601. The molecule has 0 saturated carbocycles. The van der Waals surface area contributed by atoms with Crippen molar-refractivity contribution in [3.63, 3.8) is 0 Å². The Labute approximate surface area is 166 Å². The molecule has 0 amide bonds. The van der Waals surface area contributed by atoms with E-state index in [9.17, 15) is 17.2 Å². The minimum absolute atomic E-state index is 0.00823. The van der Waals surface area contributed by atoms with Gasteiger partial charge in [-0.05, 0) is 18.6 Å². The van der Waals surface area contributed by atoms with E-state index in [1.807, 2.05) is 0 Å². The van der Waals surface area contributed by atoms with E-state index >= 15 is 0 Å². The summed E-state index contributed by atoms with van der Waals surface area (Å²) >= 11 is 0. The normalized spacial score (nSPS) is 11.8. The van der Waals surface area contributed by atoms with Crippen molar-refractivity contribution in [2.24, 2.45) is 0 Å². The topological polar surface area (TPSA) is 116 Å². The lowest BCUT2D eigenvalue weighted by Crippen LogP contribution is -2.10. The van der Waals surface area contributed by atoms with Crippen LogP contribution in [0.2, 0.25) is 0 Å². The van der Waals surface area contributed by atoms with Gasteiger partial charge in [0.1, 0.15) is 12.4 Å². The van der Waals surface area contributed by atoms with Gasteiger partial charge in [-0.3, -0.25) is 4.68 Å². The zero-order chi connectivity index (χ0) is 21.2. The van der Waals surface area contributed by atoms with Crippen LogP contribution in [0.1, 0.15) is 11.1 Å². The van der Waals surface area contributed by atoms with Gasteiger partial charge in [0.25, 0.3) is 6.43 Å². The molecule has 8 nitrogen and oxygen atoms in total.